The summed E-state index contributed by atoms with van der Waals surface area (Å²) in [5.41, 5.74) is 4.81. The molecule has 0 saturated carbocycles. The summed E-state index contributed by atoms with van der Waals surface area (Å²) >= 11 is 0. The Morgan fingerprint density at radius 1 is 1.83 bits per heavy atom. The first-order valence-electron chi connectivity index (χ1n) is 2.92. The van der Waals surface area contributed by atoms with Crippen LogP contribution in [0.1, 0.15) is 0 Å². The highest BCUT2D eigenvalue weighted by Crippen LogP contribution is 2.01. The minimum absolute atomic E-state index is 0.208. The average Bonchev–Trinajstić information content (AvgIpc) is 2.34. The maximum Gasteiger partial charge on any atom is 0.410 e. The van der Waals surface area contributed by atoms with E-state index in [-0.39, 0.29) is 6.54 Å². The third-order valence-electron chi connectivity index (χ3n) is 1.03. The normalized spacial score (nSPS) is 9.67. The van der Waals surface area contributed by atoms with Gasteiger partial charge in [0.25, 0.3) is 0 Å². The number of amides is 1. The van der Waals surface area contributed by atoms with Crippen molar-refractivity contribution in [1.29, 1.82) is 0 Å². The minimum Gasteiger partial charge on any atom is -0.368 e. The van der Waals surface area contributed by atoms with Crippen LogP contribution in [-0.2, 0) is 11.3 Å². The predicted octanol–water partition coefficient (Wildman–Crippen LogP) is -1.33. The molecule has 0 radical (unpaired) electrons. The summed E-state index contributed by atoms with van der Waals surface area (Å²) in [6.07, 6.45) is 1.03. The van der Waals surface area contributed by atoms with Crippen LogP contribution < -0.4 is 5.73 Å². The van der Waals surface area contributed by atoms with E-state index in [9.17, 15) is 14.9 Å². The maximum atomic E-state index is 10.3. The molecule has 0 unspecified atom stereocenters. The van der Waals surface area contributed by atoms with Gasteiger partial charge in [0.15, 0.2) is 0 Å². The zero-order valence-corrected chi connectivity index (χ0v) is 5.88. The third-order valence-corrected chi connectivity index (χ3v) is 1.03. The predicted molar refractivity (Wildman–Crippen MR) is 35.9 cm³/mol. The van der Waals surface area contributed by atoms with Crippen molar-refractivity contribution in [1.82, 2.24) is 15.0 Å². The molecule has 2 N–H and O–H groups in total. The highest BCUT2D eigenvalue weighted by molar-refractivity contribution is 5.73. The molecule has 0 fully saturated rings. The van der Waals surface area contributed by atoms with E-state index in [0.717, 1.165) is 10.9 Å². The van der Waals surface area contributed by atoms with Crippen molar-refractivity contribution in [2.75, 3.05) is 0 Å². The first-order chi connectivity index (χ1) is 5.59. The number of aromatic nitrogens is 3. The van der Waals surface area contributed by atoms with E-state index in [1.54, 1.807) is 0 Å². The third kappa shape index (κ3) is 1.75. The average molecular weight is 171 g/mol. The zero-order valence-electron chi connectivity index (χ0n) is 5.88. The van der Waals surface area contributed by atoms with E-state index in [0.29, 0.717) is 0 Å². The van der Waals surface area contributed by atoms with E-state index in [1.807, 2.05) is 0 Å². The van der Waals surface area contributed by atoms with Crippen molar-refractivity contribution in [2.24, 2.45) is 5.73 Å². The highest BCUT2D eigenvalue weighted by Gasteiger charge is 2.12. The fourth-order valence-electron chi connectivity index (χ4n) is 0.609. The van der Waals surface area contributed by atoms with E-state index in [2.05, 4.69) is 10.3 Å². The quantitative estimate of drug-likeness (QED) is 0.446. The molecule has 64 valence electrons. The van der Waals surface area contributed by atoms with Crippen LogP contribution in [0.5, 0.6) is 0 Å². The molecular weight excluding hydrogens is 166 g/mol. The summed E-state index contributed by atoms with van der Waals surface area (Å²) in [6.45, 7) is -0.208. The molecule has 0 saturated heterocycles. The van der Waals surface area contributed by atoms with Crippen molar-refractivity contribution in [2.45, 2.75) is 6.54 Å². The molecule has 1 aromatic heterocycles. The van der Waals surface area contributed by atoms with E-state index >= 15 is 0 Å². The van der Waals surface area contributed by atoms with Gasteiger partial charge in [0.2, 0.25) is 5.91 Å². The Kier molecular flexibility index (Phi) is 1.99. The number of carbonyl (C=O) groups excluding carboxylic acids is 1. The topological polar surface area (TPSA) is 117 Å². The molecule has 0 aliphatic heterocycles. The summed E-state index contributed by atoms with van der Waals surface area (Å²) in [7, 11) is 0. The van der Waals surface area contributed by atoms with Crippen molar-refractivity contribution in [3.05, 3.63) is 16.3 Å². The molecule has 12 heavy (non-hydrogen) atoms. The van der Waals surface area contributed by atoms with E-state index in [1.165, 1.54) is 0 Å². The highest BCUT2D eigenvalue weighted by atomic mass is 16.6. The van der Waals surface area contributed by atoms with Crippen LogP contribution in [0.15, 0.2) is 6.20 Å². The molecule has 1 heterocycles. The standard InChI is InChI=1S/C4H5N5O3/c5-3(10)1-8-2-4(6-7-8)9(11)12/h2H,1H2,(H2,5,10). The summed E-state index contributed by atoms with van der Waals surface area (Å²) in [5, 5.41) is 16.6. The lowest BCUT2D eigenvalue weighted by Crippen LogP contribution is -2.18. The second kappa shape index (κ2) is 2.95. The molecule has 1 rings (SSSR count). The fraction of sp³-hybridized carbons (Fsp3) is 0.250. The SMILES string of the molecule is NC(=O)Cn1cc([N+](=O)[O-])nn1. The van der Waals surface area contributed by atoms with E-state index in [4.69, 9.17) is 5.73 Å². The first kappa shape index (κ1) is 8.11. The Balaban J connectivity index is 2.77. The lowest BCUT2D eigenvalue weighted by atomic mass is 10.6. The summed E-state index contributed by atoms with van der Waals surface area (Å²) < 4.78 is 1.00. The molecule has 0 aromatic carbocycles. The van der Waals surface area contributed by atoms with E-state index < -0.39 is 16.6 Å². The Labute approximate surface area is 66.1 Å². The van der Waals surface area contributed by atoms with Crippen molar-refractivity contribution in [3.8, 4) is 0 Å². The maximum absolute atomic E-state index is 10.3. The van der Waals surface area contributed by atoms with Crippen molar-refractivity contribution >= 4 is 11.7 Å². The Morgan fingerprint density at radius 2 is 2.50 bits per heavy atom. The number of nitro groups is 1. The summed E-state index contributed by atoms with van der Waals surface area (Å²) in [4.78, 5) is 19.7. The fourth-order valence-corrected chi connectivity index (χ4v) is 0.609. The second-order valence-electron chi connectivity index (χ2n) is 2.00. The summed E-state index contributed by atoms with van der Waals surface area (Å²) in [5.74, 6) is -1.04. The van der Waals surface area contributed by atoms with Gasteiger partial charge in [-0.25, -0.2) is 4.68 Å². The van der Waals surface area contributed by atoms with Gasteiger partial charge in [-0.05, 0) is 4.92 Å². The molecule has 0 aliphatic carbocycles. The van der Waals surface area contributed by atoms with Gasteiger partial charge in [-0.2, -0.15) is 0 Å². The Morgan fingerprint density at radius 3 is 2.92 bits per heavy atom. The van der Waals surface area contributed by atoms with Crippen LogP contribution in [0.2, 0.25) is 0 Å². The molecule has 1 aromatic rings. The Bertz CT molecular complexity index is 318. The molecule has 0 atom stereocenters. The van der Waals surface area contributed by atoms with Gasteiger partial charge in [-0.15, -0.1) is 0 Å². The Hall–Kier alpha value is -1.99. The molecule has 0 bridgehead atoms. The number of hydrogen-bond donors (Lipinski definition) is 1. The molecule has 0 spiro atoms. The molecular formula is C4H5N5O3. The minimum atomic E-state index is -0.704. The lowest BCUT2D eigenvalue weighted by molar-refractivity contribution is -0.389. The number of rotatable bonds is 3. The molecule has 0 aliphatic rings. The van der Waals surface area contributed by atoms with Gasteiger partial charge in [0, 0.05) is 0 Å². The van der Waals surface area contributed by atoms with Gasteiger partial charge in [0.1, 0.15) is 17.8 Å². The number of hydrogen-bond acceptors (Lipinski definition) is 5. The number of nitrogens with zero attached hydrogens (tertiary/aromatic N) is 4. The molecule has 1 amide bonds. The van der Waals surface area contributed by atoms with Gasteiger partial charge >= 0.3 is 5.82 Å². The number of carbonyl (C=O) groups is 1. The lowest BCUT2D eigenvalue weighted by Gasteiger charge is -1.89. The monoisotopic (exact) mass is 171 g/mol. The van der Waals surface area contributed by atoms with Crippen LogP contribution in [-0.4, -0.2) is 25.8 Å². The van der Waals surface area contributed by atoms with Gasteiger partial charge in [-0.1, -0.05) is 0 Å². The van der Waals surface area contributed by atoms with Gasteiger partial charge in [0.05, 0.1) is 5.21 Å². The smallest absolute Gasteiger partial charge is 0.368 e. The van der Waals surface area contributed by atoms with Crippen molar-refractivity contribution in [3.63, 3.8) is 0 Å². The zero-order chi connectivity index (χ0) is 9.14. The van der Waals surface area contributed by atoms with Crippen LogP contribution in [0, 0.1) is 10.1 Å². The first-order valence-corrected chi connectivity index (χ1v) is 2.92. The van der Waals surface area contributed by atoms with Crippen LogP contribution >= 0.6 is 0 Å². The number of primary amides is 1. The van der Waals surface area contributed by atoms with Crippen LogP contribution in [0.4, 0.5) is 5.82 Å². The van der Waals surface area contributed by atoms with Gasteiger partial charge in [-0.3, -0.25) is 4.79 Å². The molecule has 8 heteroatoms. The van der Waals surface area contributed by atoms with Crippen molar-refractivity contribution < 1.29 is 9.72 Å². The largest absolute Gasteiger partial charge is 0.410 e. The van der Waals surface area contributed by atoms with Crippen LogP contribution in [0.25, 0.3) is 0 Å². The number of nitrogens with two attached hydrogens (primary N) is 1. The molecule has 8 nitrogen and oxygen atoms in total. The van der Waals surface area contributed by atoms with Crippen LogP contribution in [0.3, 0.4) is 0 Å². The summed E-state index contributed by atoms with van der Waals surface area (Å²) in [6, 6.07) is 0. The second-order valence-corrected chi connectivity index (χ2v) is 2.00. The van der Waals surface area contributed by atoms with Gasteiger partial charge < -0.3 is 15.8 Å².